The number of rotatable bonds is 6. The molecule has 11 aromatic rings. The Kier molecular flexibility index (Phi) is 7.64. The van der Waals surface area contributed by atoms with Gasteiger partial charge in [0, 0.05) is 47.6 Å². The molecule has 8 aromatic carbocycles. The van der Waals surface area contributed by atoms with Gasteiger partial charge >= 0.3 is 0 Å². The van der Waals surface area contributed by atoms with Gasteiger partial charge in [-0.2, -0.15) is 0 Å². The molecule has 0 saturated carbocycles. The van der Waals surface area contributed by atoms with Crippen LogP contribution in [0.15, 0.2) is 192 Å². The van der Waals surface area contributed by atoms with Gasteiger partial charge in [0.25, 0.3) is 0 Å². The van der Waals surface area contributed by atoms with Crippen LogP contribution in [0.3, 0.4) is 0 Å². The average Bonchev–Trinajstić information content (AvgIpc) is 3.85. The molecule has 11 rings (SSSR count). The van der Waals surface area contributed by atoms with Gasteiger partial charge in [0.05, 0.1) is 0 Å². The van der Waals surface area contributed by atoms with Crippen LogP contribution in [0.25, 0.3) is 110 Å². The number of hydrogen-bond donors (Lipinski definition) is 0. The van der Waals surface area contributed by atoms with Crippen LogP contribution in [-0.4, -0.2) is 15.0 Å². The van der Waals surface area contributed by atoms with Crippen molar-refractivity contribution in [1.82, 2.24) is 15.0 Å². The van der Waals surface area contributed by atoms with E-state index in [9.17, 15) is 0 Å². The summed E-state index contributed by atoms with van der Waals surface area (Å²) in [6, 6.07) is 65.8. The Balaban J connectivity index is 1.04. The van der Waals surface area contributed by atoms with Gasteiger partial charge in [-0.1, -0.05) is 146 Å². The van der Waals surface area contributed by atoms with Crippen molar-refractivity contribution in [3.8, 4) is 67.5 Å². The zero-order valence-corrected chi connectivity index (χ0v) is 30.9. The van der Waals surface area contributed by atoms with E-state index < -0.39 is 0 Å². The highest BCUT2D eigenvalue weighted by molar-refractivity contribution is 7.26. The van der Waals surface area contributed by atoms with Crippen molar-refractivity contribution in [1.29, 1.82) is 0 Å². The monoisotopic (exact) mass is 733 g/mol. The minimum Gasteiger partial charge on any atom is -0.456 e. The van der Waals surface area contributed by atoms with Crippen LogP contribution in [0, 0.1) is 0 Å². The smallest absolute Gasteiger partial charge is 0.164 e. The first-order valence-corrected chi connectivity index (χ1v) is 19.5. The Hall–Kier alpha value is -7.21. The van der Waals surface area contributed by atoms with E-state index in [4.69, 9.17) is 19.4 Å². The highest BCUT2D eigenvalue weighted by Crippen LogP contribution is 2.42. The second kappa shape index (κ2) is 13.3. The van der Waals surface area contributed by atoms with E-state index in [1.54, 1.807) is 11.3 Å². The molecule has 0 spiro atoms. The van der Waals surface area contributed by atoms with Crippen molar-refractivity contribution >= 4 is 53.4 Å². The fraction of sp³-hybridized carbons (Fsp3) is 0. The van der Waals surface area contributed by atoms with E-state index in [-0.39, 0.29) is 0 Å². The van der Waals surface area contributed by atoms with Crippen LogP contribution in [-0.2, 0) is 0 Å². The Labute approximate surface area is 327 Å². The highest BCUT2D eigenvalue weighted by Gasteiger charge is 2.18. The largest absolute Gasteiger partial charge is 0.456 e. The number of hydrogen-bond acceptors (Lipinski definition) is 5. The Bertz CT molecular complexity index is 3240. The number of para-hydroxylation sites is 1. The van der Waals surface area contributed by atoms with E-state index in [2.05, 4.69) is 152 Å². The summed E-state index contributed by atoms with van der Waals surface area (Å²) in [7, 11) is 0. The van der Waals surface area contributed by atoms with Gasteiger partial charge in [0.15, 0.2) is 17.5 Å². The Morgan fingerprint density at radius 2 is 0.875 bits per heavy atom. The van der Waals surface area contributed by atoms with Crippen LogP contribution in [0.5, 0.6) is 0 Å². The molecule has 0 N–H and O–H groups in total. The van der Waals surface area contributed by atoms with Gasteiger partial charge in [0.1, 0.15) is 11.2 Å². The topological polar surface area (TPSA) is 51.8 Å². The second-order valence-electron chi connectivity index (χ2n) is 14.0. The summed E-state index contributed by atoms with van der Waals surface area (Å²) in [5.41, 5.74) is 11.5. The molecule has 4 nitrogen and oxygen atoms in total. The molecule has 0 fully saturated rings. The Morgan fingerprint density at radius 3 is 1.70 bits per heavy atom. The lowest BCUT2D eigenvalue weighted by Gasteiger charge is -2.11. The van der Waals surface area contributed by atoms with Crippen molar-refractivity contribution in [2.24, 2.45) is 0 Å². The van der Waals surface area contributed by atoms with E-state index in [0.717, 1.165) is 55.1 Å². The first-order valence-electron chi connectivity index (χ1n) is 18.7. The zero-order valence-electron chi connectivity index (χ0n) is 30.1. The lowest BCUT2D eigenvalue weighted by atomic mass is 9.98. The van der Waals surface area contributed by atoms with Gasteiger partial charge in [-0.05, 0) is 75.8 Å². The van der Waals surface area contributed by atoms with Crippen molar-refractivity contribution in [2.75, 3.05) is 0 Å². The van der Waals surface area contributed by atoms with E-state index in [1.807, 2.05) is 36.4 Å². The summed E-state index contributed by atoms with van der Waals surface area (Å²) < 4.78 is 8.66. The van der Waals surface area contributed by atoms with Gasteiger partial charge in [-0.15, -0.1) is 11.3 Å². The molecule has 0 aliphatic rings. The Morgan fingerprint density at radius 1 is 0.321 bits per heavy atom. The molecule has 0 aliphatic heterocycles. The SMILES string of the molecule is c1ccc(-c2ccc(-c3ccc4sc5cccc(-c6nc(-c7ccccc7)nc(-c7cccc(-c8ccc9c(c8)oc8ccccc89)c7)n6)c5c4c3)cc2)cc1. The number of fused-ring (bicyclic) bond motifs is 6. The van der Waals surface area contributed by atoms with E-state index >= 15 is 0 Å². The third-order valence-electron chi connectivity index (χ3n) is 10.6. The fourth-order valence-corrected chi connectivity index (χ4v) is 8.88. The van der Waals surface area contributed by atoms with Crippen LogP contribution in [0.4, 0.5) is 0 Å². The van der Waals surface area contributed by atoms with E-state index in [1.165, 1.54) is 37.0 Å². The summed E-state index contributed by atoms with van der Waals surface area (Å²) in [5, 5.41) is 4.57. The van der Waals surface area contributed by atoms with Gasteiger partial charge in [-0.3, -0.25) is 0 Å². The molecule has 0 saturated heterocycles. The van der Waals surface area contributed by atoms with Gasteiger partial charge in [-0.25, -0.2) is 15.0 Å². The predicted octanol–water partition coefficient (Wildman–Crippen LogP) is 14.1. The van der Waals surface area contributed by atoms with Crippen molar-refractivity contribution < 1.29 is 4.42 Å². The number of aromatic nitrogens is 3. The third kappa shape index (κ3) is 5.65. The summed E-state index contributed by atoms with van der Waals surface area (Å²) in [6.45, 7) is 0. The summed E-state index contributed by atoms with van der Waals surface area (Å²) in [6.07, 6.45) is 0. The molecule has 56 heavy (non-hydrogen) atoms. The first-order chi connectivity index (χ1) is 27.7. The molecule has 3 aromatic heterocycles. The normalized spacial score (nSPS) is 11.6. The maximum atomic E-state index is 6.24. The third-order valence-corrected chi connectivity index (χ3v) is 11.7. The molecule has 0 radical (unpaired) electrons. The lowest BCUT2D eigenvalue weighted by molar-refractivity contribution is 0.669. The summed E-state index contributed by atoms with van der Waals surface area (Å²) in [4.78, 5) is 15.5. The molecule has 3 heterocycles. The average molecular weight is 734 g/mol. The zero-order chi connectivity index (χ0) is 37.0. The number of benzene rings is 8. The van der Waals surface area contributed by atoms with Crippen molar-refractivity contribution in [2.45, 2.75) is 0 Å². The fourth-order valence-electron chi connectivity index (χ4n) is 7.76. The molecule has 262 valence electrons. The molecule has 0 unspecified atom stereocenters. The molecule has 5 heteroatoms. The number of nitrogens with zero attached hydrogens (tertiary/aromatic N) is 3. The van der Waals surface area contributed by atoms with Crippen LogP contribution >= 0.6 is 11.3 Å². The maximum Gasteiger partial charge on any atom is 0.164 e. The quantitative estimate of drug-likeness (QED) is 0.171. The first kappa shape index (κ1) is 32.2. The number of furan rings is 1. The van der Waals surface area contributed by atoms with E-state index in [0.29, 0.717) is 17.5 Å². The van der Waals surface area contributed by atoms with Crippen LogP contribution < -0.4 is 0 Å². The number of thiophene rings is 1. The highest BCUT2D eigenvalue weighted by atomic mass is 32.1. The summed E-state index contributed by atoms with van der Waals surface area (Å²) >= 11 is 1.80. The molecular weight excluding hydrogens is 703 g/mol. The van der Waals surface area contributed by atoms with Crippen molar-refractivity contribution in [3.05, 3.63) is 188 Å². The molecule has 0 aliphatic carbocycles. The molecule has 0 bridgehead atoms. The summed E-state index contributed by atoms with van der Waals surface area (Å²) in [5.74, 6) is 1.90. The molecule has 0 atom stereocenters. The van der Waals surface area contributed by atoms with Crippen molar-refractivity contribution in [3.63, 3.8) is 0 Å². The van der Waals surface area contributed by atoms with Crippen LogP contribution in [0.1, 0.15) is 0 Å². The van der Waals surface area contributed by atoms with Gasteiger partial charge < -0.3 is 4.42 Å². The minimum atomic E-state index is 0.622. The molecular formula is C51H31N3OS. The maximum absolute atomic E-state index is 6.24. The minimum absolute atomic E-state index is 0.622. The standard InChI is InChI=1S/C51H31N3OS/c1-3-11-32(12-4-1)33-21-23-34(24-22-33)37-26-28-46-43(30-37)48-42(18-10-20-47(48)56-46)51-53-49(35-13-5-2-6-14-35)52-50(54-51)39-16-9-15-36(29-39)38-25-27-41-40-17-7-8-19-44(40)55-45(41)31-38/h1-31H. The van der Waals surface area contributed by atoms with Crippen LogP contribution in [0.2, 0.25) is 0 Å². The predicted molar refractivity (Wildman–Crippen MR) is 233 cm³/mol. The van der Waals surface area contributed by atoms with Gasteiger partial charge in [0.2, 0.25) is 0 Å². The molecule has 0 amide bonds. The lowest BCUT2D eigenvalue weighted by Crippen LogP contribution is -2.00. The second-order valence-corrected chi connectivity index (χ2v) is 15.1.